The highest BCUT2D eigenvalue weighted by Crippen LogP contribution is 2.24. The lowest BCUT2D eigenvalue weighted by atomic mass is 9.83. The fourth-order valence-electron chi connectivity index (χ4n) is 3.12. The summed E-state index contributed by atoms with van der Waals surface area (Å²) in [4.78, 5) is 16.5. The second-order valence-corrected chi connectivity index (χ2v) is 6.46. The van der Waals surface area contributed by atoms with Gasteiger partial charge in [-0.15, -0.1) is 0 Å². The lowest BCUT2D eigenvalue weighted by molar-refractivity contribution is -0.113. The summed E-state index contributed by atoms with van der Waals surface area (Å²) >= 11 is 0. The molecule has 1 aliphatic heterocycles. The Balaban J connectivity index is 2.13. The predicted octanol–water partition coefficient (Wildman–Crippen LogP) is 2.17. The molecule has 0 bridgehead atoms. The zero-order chi connectivity index (χ0) is 14.8. The summed E-state index contributed by atoms with van der Waals surface area (Å²) in [5, 5.41) is 0. The number of rotatable bonds is 4. The first-order valence-electron chi connectivity index (χ1n) is 7.42. The molecule has 1 saturated heterocycles. The van der Waals surface area contributed by atoms with E-state index in [1.165, 1.54) is 0 Å². The highest BCUT2D eigenvalue weighted by atomic mass is 16.1. The molecule has 3 unspecified atom stereocenters. The predicted molar refractivity (Wildman–Crippen MR) is 83.0 cm³/mol. The molecule has 1 heterocycles. The number of carbonyl (C=O) groups is 1. The molecule has 0 amide bonds. The van der Waals surface area contributed by atoms with Crippen molar-refractivity contribution in [1.29, 1.82) is 0 Å². The first kappa shape index (κ1) is 15.2. The fourth-order valence-corrected chi connectivity index (χ4v) is 3.12. The molecular formula is C17H26N2O. The molecular weight excluding hydrogens is 248 g/mol. The van der Waals surface area contributed by atoms with Crippen molar-refractivity contribution in [2.75, 3.05) is 26.7 Å². The third-order valence-corrected chi connectivity index (χ3v) is 4.68. The largest absolute Gasteiger partial charge is 0.302 e. The summed E-state index contributed by atoms with van der Waals surface area (Å²) < 4.78 is 0. The Hall–Kier alpha value is -1.19. The van der Waals surface area contributed by atoms with Gasteiger partial charge in [-0.3, -0.25) is 9.80 Å². The number of hydrogen-bond acceptors (Lipinski definition) is 3. The maximum absolute atomic E-state index is 11.7. The Kier molecular flexibility index (Phi) is 4.61. The average Bonchev–Trinajstić information content (AvgIpc) is 2.45. The summed E-state index contributed by atoms with van der Waals surface area (Å²) in [7, 11) is 2.18. The maximum Gasteiger partial charge on any atom is 0.131 e. The molecule has 0 aliphatic carbocycles. The fraction of sp³-hybridized carbons (Fsp3) is 0.588. The van der Waals surface area contributed by atoms with Gasteiger partial charge in [0.2, 0.25) is 0 Å². The van der Waals surface area contributed by atoms with Crippen LogP contribution in [-0.4, -0.2) is 54.9 Å². The Morgan fingerprint density at radius 3 is 2.25 bits per heavy atom. The van der Waals surface area contributed by atoms with Crippen LogP contribution in [0.4, 0.5) is 0 Å². The van der Waals surface area contributed by atoms with Crippen LogP contribution in [0.1, 0.15) is 26.3 Å². The van der Waals surface area contributed by atoms with Gasteiger partial charge < -0.3 is 4.79 Å². The van der Waals surface area contributed by atoms with E-state index in [0.29, 0.717) is 12.1 Å². The van der Waals surface area contributed by atoms with Gasteiger partial charge >= 0.3 is 0 Å². The molecule has 0 radical (unpaired) electrons. The minimum atomic E-state index is -0.420. The van der Waals surface area contributed by atoms with E-state index in [0.717, 1.165) is 31.5 Å². The van der Waals surface area contributed by atoms with Crippen LogP contribution in [0.5, 0.6) is 0 Å². The molecule has 0 aromatic heterocycles. The Morgan fingerprint density at radius 1 is 1.20 bits per heavy atom. The van der Waals surface area contributed by atoms with Crippen molar-refractivity contribution in [3.63, 3.8) is 0 Å². The standard InChI is InChI=1S/C17H26N2O/c1-14-10-19(11-15(2)18(14)4)12-17(3,13-20)16-8-6-5-7-9-16/h5-9,13-15H,10-12H2,1-4H3. The Labute approximate surface area is 122 Å². The molecule has 3 nitrogen and oxygen atoms in total. The minimum Gasteiger partial charge on any atom is -0.302 e. The molecule has 0 spiro atoms. The van der Waals surface area contributed by atoms with Gasteiger partial charge in [0.15, 0.2) is 0 Å². The second-order valence-electron chi connectivity index (χ2n) is 6.46. The van der Waals surface area contributed by atoms with Crippen molar-refractivity contribution in [2.24, 2.45) is 0 Å². The van der Waals surface area contributed by atoms with Crippen molar-refractivity contribution in [3.8, 4) is 0 Å². The quantitative estimate of drug-likeness (QED) is 0.786. The molecule has 0 N–H and O–H groups in total. The van der Waals surface area contributed by atoms with Crippen LogP contribution in [0, 0.1) is 0 Å². The molecule has 3 heteroatoms. The third kappa shape index (κ3) is 3.10. The maximum atomic E-state index is 11.7. The molecule has 1 aromatic rings. The number of benzene rings is 1. The van der Waals surface area contributed by atoms with Crippen LogP contribution < -0.4 is 0 Å². The van der Waals surface area contributed by atoms with Gasteiger partial charge in [-0.25, -0.2) is 0 Å². The van der Waals surface area contributed by atoms with E-state index in [1.54, 1.807) is 0 Å². The minimum absolute atomic E-state index is 0.420. The molecule has 2 rings (SSSR count). The SMILES string of the molecule is CC1CN(CC(C)(C=O)c2ccccc2)CC(C)N1C. The zero-order valence-electron chi connectivity index (χ0n) is 13.0. The lowest BCUT2D eigenvalue weighted by Crippen LogP contribution is -2.57. The van der Waals surface area contributed by atoms with Gasteiger partial charge in [-0.05, 0) is 33.4 Å². The molecule has 20 heavy (non-hydrogen) atoms. The summed E-state index contributed by atoms with van der Waals surface area (Å²) in [5.74, 6) is 0. The van der Waals surface area contributed by atoms with Gasteiger partial charge in [-0.1, -0.05) is 30.3 Å². The highest BCUT2D eigenvalue weighted by Gasteiger charge is 2.33. The van der Waals surface area contributed by atoms with Gasteiger partial charge in [-0.2, -0.15) is 0 Å². The van der Waals surface area contributed by atoms with E-state index in [-0.39, 0.29) is 0 Å². The van der Waals surface area contributed by atoms with E-state index in [4.69, 9.17) is 0 Å². The van der Waals surface area contributed by atoms with Crippen molar-refractivity contribution >= 4 is 6.29 Å². The summed E-state index contributed by atoms with van der Waals surface area (Å²) in [6.07, 6.45) is 1.11. The van der Waals surface area contributed by atoms with Gasteiger partial charge in [0.25, 0.3) is 0 Å². The summed E-state index contributed by atoms with van der Waals surface area (Å²) in [6.45, 7) is 9.40. The average molecular weight is 274 g/mol. The van der Waals surface area contributed by atoms with E-state index < -0.39 is 5.41 Å². The van der Waals surface area contributed by atoms with Crippen LogP contribution in [0.3, 0.4) is 0 Å². The van der Waals surface area contributed by atoms with Crippen LogP contribution in [0.25, 0.3) is 0 Å². The lowest BCUT2D eigenvalue weighted by Gasteiger charge is -2.44. The monoisotopic (exact) mass is 274 g/mol. The van der Waals surface area contributed by atoms with Crippen molar-refractivity contribution in [2.45, 2.75) is 38.3 Å². The molecule has 3 atom stereocenters. The van der Waals surface area contributed by atoms with Crippen LogP contribution >= 0.6 is 0 Å². The zero-order valence-corrected chi connectivity index (χ0v) is 13.0. The van der Waals surface area contributed by atoms with Crippen LogP contribution in [0.15, 0.2) is 30.3 Å². The van der Waals surface area contributed by atoms with Crippen LogP contribution in [-0.2, 0) is 10.2 Å². The van der Waals surface area contributed by atoms with Gasteiger partial charge in [0.1, 0.15) is 6.29 Å². The van der Waals surface area contributed by atoms with Crippen molar-refractivity contribution < 1.29 is 4.79 Å². The molecule has 1 aliphatic rings. The number of aldehydes is 1. The Morgan fingerprint density at radius 2 is 1.75 bits per heavy atom. The van der Waals surface area contributed by atoms with Crippen LogP contribution in [0.2, 0.25) is 0 Å². The van der Waals surface area contributed by atoms with Crippen molar-refractivity contribution in [3.05, 3.63) is 35.9 Å². The summed E-state index contributed by atoms with van der Waals surface area (Å²) in [5.41, 5.74) is 0.686. The topological polar surface area (TPSA) is 23.6 Å². The smallest absolute Gasteiger partial charge is 0.131 e. The van der Waals surface area contributed by atoms with Crippen molar-refractivity contribution in [1.82, 2.24) is 9.80 Å². The Bertz CT molecular complexity index is 436. The second kappa shape index (κ2) is 6.06. The highest BCUT2D eigenvalue weighted by molar-refractivity contribution is 5.68. The summed E-state index contributed by atoms with van der Waals surface area (Å²) in [6, 6.07) is 11.2. The van der Waals surface area contributed by atoms with E-state index >= 15 is 0 Å². The number of piperazine rings is 1. The van der Waals surface area contributed by atoms with E-state index in [2.05, 4.69) is 42.8 Å². The van der Waals surface area contributed by atoms with E-state index in [1.807, 2.05) is 25.1 Å². The molecule has 0 saturated carbocycles. The first-order chi connectivity index (χ1) is 9.46. The van der Waals surface area contributed by atoms with Gasteiger partial charge in [0, 0.05) is 31.7 Å². The van der Waals surface area contributed by atoms with E-state index in [9.17, 15) is 4.79 Å². The number of likely N-dealkylation sites (N-methyl/N-ethyl adjacent to an activating group) is 1. The molecule has 1 aromatic carbocycles. The molecule has 110 valence electrons. The first-order valence-corrected chi connectivity index (χ1v) is 7.42. The normalized spacial score (nSPS) is 28.0. The number of nitrogens with zero attached hydrogens (tertiary/aromatic N) is 2. The number of hydrogen-bond donors (Lipinski definition) is 0. The third-order valence-electron chi connectivity index (χ3n) is 4.68. The number of carbonyl (C=O) groups excluding carboxylic acids is 1. The molecule has 1 fully saturated rings. The van der Waals surface area contributed by atoms with Gasteiger partial charge in [0.05, 0.1) is 5.41 Å².